The normalized spacial score (nSPS) is 16.4. The lowest BCUT2D eigenvalue weighted by Crippen LogP contribution is -2.58. The van der Waals surface area contributed by atoms with E-state index in [1.807, 2.05) is 31.2 Å². The first-order chi connectivity index (χ1) is 12.0. The number of tetrazole rings is 1. The minimum Gasteiger partial charge on any atom is -0.480 e. The van der Waals surface area contributed by atoms with Gasteiger partial charge in [-0.25, -0.2) is 4.79 Å². The van der Waals surface area contributed by atoms with Crippen LogP contribution in [0.25, 0.3) is 11.4 Å². The summed E-state index contributed by atoms with van der Waals surface area (Å²) in [5.74, 6) is -1.12. The van der Waals surface area contributed by atoms with Gasteiger partial charge in [0.15, 0.2) is 0 Å². The summed E-state index contributed by atoms with van der Waals surface area (Å²) in [6.07, 6.45) is 0.459. The van der Waals surface area contributed by atoms with Crippen molar-refractivity contribution in [2.24, 2.45) is 0 Å². The molecule has 0 bridgehead atoms. The zero-order chi connectivity index (χ0) is 17.9. The van der Waals surface area contributed by atoms with Gasteiger partial charge >= 0.3 is 5.97 Å². The van der Waals surface area contributed by atoms with Gasteiger partial charge in [0, 0.05) is 31.6 Å². The van der Waals surface area contributed by atoms with Crippen molar-refractivity contribution in [2.45, 2.75) is 31.8 Å². The molecule has 132 valence electrons. The molecule has 0 spiro atoms. The van der Waals surface area contributed by atoms with E-state index in [9.17, 15) is 14.7 Å². The summed E-state index contributed by atoms with van der Waals surface area (Å²) in [4.78, 5) is 24.9. The number of benzene rings is 1. The van der Waals surface area contributed by atoms with Gasteiger partial charge in [-0.15, -0.1) is 10.2 Å². The summed E-state index contributed by atoms with van der Waals surface area (Å²) < 4.78 is 5.18. The van der Waals surface area contributed by atoms with E-state index in [2.05, 4.69) is 20.7 Å². The van der Waals surface area contributed by atoms with E-state index in [-0.39, 0.29) is 19.4 Å². The van der Waals surface area contributed by atoms with Gasteiger partial charge < -0.3 is 15.2 Å². The van der Waals surface area contributed by atoms with E-state index in [1.54, 1.807) is 0 Å². The smallest absolute Gasteiger partial charge is 0.329 e. The molecule has 25 heavy (non-hydrogen) atoms. The van der Waals surface area contributed by atoms with Crippen molar-refractivity contribution in [3.05, 3.63) is 29.8 Å². The second-order valence-electron chi connectivity index (χ2n) is 6.06. The number of carboxylic acid groups (broad SMARTS) is 1. The van der Waals surface area contributed by atoms with Crippen molar-refractivity contribution in [2.75, 3.05) is 13.2 Å². The number of hydrogen-bond acceptors (Lipinski definition) is 6. The number of carboxylic acids is 1. The van der Waals surface area contributed by atoms with Crippen LogP contribution in [-0.2, 0) is 20.9 Å². The maximum atomic E-state index is 12.2. The predicted octanol–water partition coefficient (Wildman–Crippen LogP) is 0.399. The highest BCUT2D eigenvalue weighted by molar-refractivity contribution is 5.87. The van der Waals surface area contributed by atoms with Crippen LogP contribution in [0.2, 0.25) is 0 Å². The number of aryl methyl sites for hydroxylation is 1. The molecule has 1 aliphatic rings. The molecular weight excluding hydrogens is 326 g/mol. The zero-order valence-corrected chi connectivity index (χ0v) is 13.8. The van der Waals surface area contributed by atoms with Crippen molar-refractivity contribution >= 4 is 11.9 Å². The highest BCUT2D eigenvalue weighted by Crippen LogP contribution is 2.21. The van der Waals surface area contributed by atoms with Crippen LogP contribution in [0.15, 0.2) is 24.3 Å². The lowest BCUT2D eigenvalue weighted by molar-refractivity contribution is -0.152. The van der Waals surface area contributed by atoms with E-state index in [1.165, 1.54) is 0 Å². The Labute approximate surface area is 144 Å². The number of hydrogen-bond donors (Lipinski definition) is 2. The maximum Gasteiger partial charge on any atom is 0.329 e. The van der Waals surface area contributed by atoms with Crippen LogP contribution in [0.1, 0.15) is 18.4 Å². The summed E-state index contributed by atoms with van der Waals surface area (Å²) >= 11 is 0. The fraction of sp³-hybridized carbons (Fsp3) is 0.438. The standard InChI is InChI=1S/C16H19N5O4/c1-11-2-4-12(5-3-11)14-18-20-21(19-14)10-13(22)17-16(15(23)24)6-8-25-9-7-16/h2-5H,6-10H2,1H3,(H,17,22)(H,23,24). The number of nitrogens with one attached hydrogen (secondary N) is 1. The van der Waals surface area contributed by atoms with Crippen molar-refractivity contribution in [3.63, 3.8) is 0 Å². The molecular formula is C16H19N5O4. The Hall–Kier alpha value is -2.81. The third-order valence-electron chi connectivity index (χ3n) is 4.18. The molecule has 1 aromatic heterocycles. The summed E-state index contributed by atoms with van der Waals surface area (Å²) in [7, 11) is 0. The Balaban J connectivity index is 1.67. The van der Waals surface area contributed by atoms with Crippen molar-refractivity contribution in [1.82, 2.24) is 25.5 Å². The van der Waals surface area contributed by atoms with Crippen LogP contribution in [0.4, 0.5) is 0 Å². The molecule has 9 heteroatoms. The van der Waals surface area contributed by atoms with Crippen LogP contribution in [0, 0.1) is 6.92 Å². The Bertz CT molecular complexity index is 765. The SMILES string of the molecule is Cc1ccc(-c2nnn(CC(=O)NC3(C(=O)O)CCOCC3)n2)cc1. The fourth-order valence-corrected chi connectivity index (χ4v) is 2.68. The van der Waals surface area contributed by atoms with Gasteiger partial charge in [0.25, 0.3) is 0 Å². The number of carbonyl (C=O) groups excluding carboxylic acids is 1. The third-order valence-corrected chi connectivity index (χ3v) is 4.18. The van der Waals surface area contributed by atoms with Crippen LogP contribution < -0.4 is 5.32 Å². The van der Waals surface area contributed by atoms with Crippen molar-refractivity contribution < 1.29 is 19.4 Å². The van der Waals surface area contributed by atoms with Gasteiger partial charge in [-0.2, -0.15) is 4.80 Å². The Morgan fingerprint density at radius 1 is 1.28 bits per heavy atom. The monoisotopic (exact) mass is 345 g/mol. The molecule has 0 unspecified atom stereocenters. The topological polar surface area (TPSA) is 119 Å². The van der Waals surface area contributed by atoms with E-state index in [0.717, 1.165) is 15.9 Å². The molecule has 1 aromatic carbocycles. The fourth-order valence-electron chi connectivity index (χ4n) is 2.68. The molecule has 2 N–H and O–H groups in total. The average molecular weight is 345 g/mol. The molecule has 9 nitrogen and oxygen atoms in total. The number of rotatable bonds is 5. The van der Waals surface area contributed by atoms with Gasteiger partial charge in [-0.3, -0.25) is 4.79 Å². The maximum absolute atomic E-state index is 12.2. The lowest BCUT2D eigenvalue weighted by Gasteiger charge is -2.33. The van der Waals surface area contributed by atoms with Gasteiger partial charge in [0.2, 0.25) is 11.7 Å². The van der Waals surface area contributed by atoms with Crippen molar-refractivity contribution in [1.29, 1.82) is 0 Å². The van der Waals surface area contributed by atoms with E-state index < -0.39 is 17.4 Å². The molecule has 1 amide bonds. The predicted molar refractivity (Wildman–Crippen MR) is 86.6 cm³/mol. The molecule has 0 saturated carbocycles. The minimum absolute atomic E-state index is 0.200. The summed E-state index contributed by atoms with van der Waals surface area (Å²) in [5.41, 5.74) is 0.616. The molecule has 1 fully saturated rings. The Morgan fingerprint density at radius 2 is 1.96 bits per heavy atom. The quantitative estimate of drug-likeness (QED) is 0.805. The van der Waals surface area contributed by atoms with E-state index in [0.29, 0.717) is 19.0 Å². The highest BCUT2D eigenvalue weighted by Gasteiger charge is 2.41. The molecule has 1 saturated heterocycles. The molecule has 0 atom stereocenters. The summed E-state index contributed by atoms with van der Waals surface area (Å²) in [6.45, 7) is 2.37. The second-order valence-corrected chi connectivity index (χ2v) is 6.06. The number of aliphatic carboxylic acids is 1. The highest BCUT2D eigenvalue weighted by atomic mass is 16.5. The number of amides is 1. The second kappa shape index (κ2) is 6.98. The number of nitrogens with zero attached hydrogens (tertiary/aromatic N) is 4. The van der Waals surface area contributed by atoms with Gasteiger partial charge in [0.1, 0.15) is 12.1 Å². The lowest BCUT2D eigenvalue weighted by atomic mass is 9.90. The van der Waals surface area contributed by atoms with Crippen LogP contribution in [-0.4, -0.2) is 55.9 Å². The van der Waals surface area contributed by atoms with Crippen LogP contribution in [0.5, 0.6) is 0 Å². The van der Waals surface area contributed by atoms with Crippen molar-refractivity contribution in [3.8, 4) is 11.4 Å². The largest absolute Gasteiger partial charge is 0.480 e. The van der Waals surface area contributed by atoms with Gasteiger partial charge in [-0.1, -0.05) is 29.8 Å². The Morgan fingerprint density at radius 3 is 2.60 bits per heavy atom. The molecule has 2 aromatic rings. The molecule has 0 radical (unpaired) electrons. The third kappa shape index (κ3) is 3.82. The molecule has 1 aliphatic heterocycles. The number of ether oxygens (including phenoxy) is 1. The van der Waals surface area contributed by atoms with Gasteiger partial charge in [0.05, 0.1) is 0 Å². The first-order valence-corrected chi connectivity index (χ1v) is 7.95. The summed E-state index contributed by atoms with van der Waals surface area (Å²) in [5, 5.41) is 24.0. The first-order valence-electron chi connectivity index (χ1n) is 7.95. The number of aromatic nitrogens is 4. The Kier molecular flexibility index (Phi) is 4.75. The minimum atomic E-state index is -1.30. The summed E-state index contributed by atoms with van der Waals surface area (Å²) in [6, 6.07) is 7.62. The number of carbonyl (C=O) groups is 2. The molecule has 0 aliphatic carbocycles. The average Bonchev–Trinajstić information content (AvgIpc) is 3.04. The van der Waals surface area contributed by atoms with Crippen LogP contribution in [0.3, 0.4) is 0 Å². The van der Waals surface area contributed by atoms with Crippen LogP contribution >= 0.6 is 0 Å². The van der Waals surface area contributed by atoms with Gasteiger partial charge in [-0.05, 0) is 12.1 Å². The van der Waals surface area contributed by atoms with E-state index in [4.69, 9.17) is 4.74 Å². The zero-order valence-electron chi connectivity index (χ0n) is 13.8. The molecule has 3 rings (SSSR count). The first kappa shape index (κ1) is 17.0. The molecule has 2 heterocycles. The van der Waals surface area contributed by atoms with E-state index >= 15 is 0 Å².